The van der Waals surface area contributed by atoms with E-state index >= 15 is 0 Å². The molecule has 0 heterocycles. The second-order valence-electron chi connectivity index (χ2n) is 2.55. The zero-order valence-corrected chi connectivity index (χ0v) is 8.15. The van der Waals surface area contributed by atoms with E-state index in [-0.39, 0.29) is 0 Å². The molecule has 0 amide bonds. The van der Waals surface area contributed by atoms with Crippen LogP contribution in [-0.2, 0) is 6.42 Å². The molecule has 1 aromatic rings. The molecule has 0 radical (unpaired) electrons. The van der Waals surface area contributed by atoms with Crippen LogP contribution in [0.3, 0.4) is 0 Å². The van der Waals surface area contributed by atoms with E-state index in [0.717, 1.165) is 12.2 Å². The Labute approximate surface area is 78.4 Å². The fourth-order valence-corrected chi connectivity index (χ4v) is 1.14. The van der Waals surface area contributed by atoms with Crippen molar-refractivity contribution in [2.45, 2.75) is 20.3 Å². The van der Waals surface area contributed by atoms with Gasteiger partial charge in [0, 0.05) is 6.92 Å². The largest absolute Gasteiger partial charge is 0.450 e. The van der Waals surface area contributed by atoms with Gasteiger partial charge in [-0.3, -0.25) is 0 Å². The van der Waals surface area contributed by atoms with Crippen molar-refractivity contribution >= 4 is 17.3 Å². The van der Waals surface area contributed by atoms with Crippen LogP contribution in [0.4, 0.5) is 0 Å². The lowest BCUT2D eigenvalue weighted by molar-refractivity contribution is 0.553. The highest BCUT2D eigenvalue weighted by molar-refractivity contribution is 7.80. The van der Waals surface area contributed by atoms with Crippen molar-refractivity contribution in [1.29, 1.82) is 0 Å². The van der Waals surface area contributed by atoms with Crippen LogP contribution >= 0.6 is 12.2 Å². The van der Waals surface area contributed by atoms with Gasteiger partial charge in [0.15, 0.2) is 5.05 Å². The molecular formula is C10H12OS. The molecule has 0 bridgehead atoms. The smallest absolute Gasteiger partial charge is 0.164 e. The van der Waals surface area contributed by atoms with E-state index in [0.29, 0.717) is 5.05 Å². The fourth-order valence-electron chi connectivity index (χ4n) is 1.05. The first-order chi connectivity index (χ1) is 5.74. The Bertz CT molecular complexity index is 281. The average Bonchev–Trinajstić information content (AvgIpc) is 2.04. The molecule has 1 aromatic carbocycles. The maximum atomic E-state index is 5.37. The third-order valence-electron chi connectivity index (χ3n) is 1.61. The quantitative estimate of drug-likeness (QED) is 0.647. The Morgan fingerprint density at radius 1 is 1.42 bits per heavy atom. The van der Waals surface area contributed by atoms with Crippen molar-refractivity contribution in [1.82, 2.24) is 0 Å². The summed E-state index contributed by atoms with van der Waals surface area (Å²) in [6.07, 6.45) is 0.971. The van der Waals surface area contributed by atoms with Crippen LogP contribution in [0.1, 0.15) is 19.4 Å². The van der Waals surface area contributed by atoms with Crippen molar-refractivity contribution in [2.75, 3.05) is 0 Å². The van der Waals surface area contributed by atoms with Gasteiger partial charge in [-0.2, -0.15) is 0 Å². The molecule has 0 aromatic heterocycles. The molecule has 64 valence electrons. The van der Waals surface area contributed by atoms with Gasteiger partial charge in [0.2, 0.25) is 0 Å². The Morgan fingerprint density at radius 2 is 2.08 bits per heavy atom. The summed E-state index contributed by atoms with van der Waals surface area (Å²) in [5.41, 5.74) is 1.20. The molecule has 0 spiro atoms. The number of rotatable bonds is 2. The molecular weight excluding hydrogens is 168 g/mol. The predicted molar refractivity (Wildman–Crippen MR) is 54.7 cm³/mol. The van der Waals surface area contributed by atoms with E-state index in [2.05, 4.69) is 6.92 Å². The molecule has 2 heteroatoms. The number of benzene rings is 1. The van der Waals surface area contributed by atoms with Crippen LogP contribution in [0.5, 0.6) is 5.75 Å². The normalized spacial score (nSPS) is 9.50. The topological polar surface area (TPSA) is 9.23 Å². The molecule has 0 aliphatic heterocycles. The van der Waals surface area contributed by atoms with Crippen LogP contribution < -0.4 is 4.74 Å². The summed E-state index contributed by atoms with van der Waals surface area (Å²) in [4.78, 5) is 0. The lowest BCUT2D eigenvalue weighted by Gasteiger charge is -2.07. The van der Waals surface area contributed by atoms with Crippen molar-refractivity contribution < 1.29 is 4.74 Å². The number of ether oxygens (including phenoxy) is 1. The molecule has 0 atom stereocenters. The molecule has 12 heavy (non-hydrogen) atoms. The van der Waals surface area contributed by atoms with E-state index < -0.39 is 0 Å². The Balaban J connectivity index is 2.89. The molecule has 0 aliphatic rings. The molecule has 1 rings (SSSR count). The molecule has 1 nitrogen and oxygen atoms in total. The van der Waals surface area contributed by atoms with E-state index in [1.165, 1.54) is 5.56 Å². The van der Waals surface area contributed by atoms with Crippen LogP contribution in [0, 0.1) is 0 Å². The van der Waals surface area contributed by atoms with Crippen LogP contribution in [0.15, 0.2) is 24.3 Å². The predicted octanol–water partition coefficient (Wildman–Crippen LogP) is 2.98. The Kier molecular flexibility index (Phi) is 3.23. The third-order valence-corrected chi connectivity index (χ3v) is 1.69. The first kappa shape index (κ1) is 9.20. The summed E-state index contributed by atoms with van der Waals surface area (Å²) in [6.45, 7) is 3.88. The minimum absolute atomic E-state index is 0.566. The lowest BCUT2D eigenvalue weighted by atomic mass is 10.1. The molecule has 0 unspecified atom stereocenters. The van der Waals surface area contributed by atoms with Crippen molar-refractivity contribution in [3.05, 3.63) is 29.8 Å². The summed E-state index contributed by atoms with van der Waals surface area (Å²) in [5, 5.41) is 0.566. The number of hydrogen-bond donors (Lipinski definition) is 0. The summed E-state index contributed by atoms with van der Waals surface area (Å²) in [6, 6.07) is 7.94. The van der Waals surface area contributed by atoms with E-state index in [4.69, 9.17) is 17.0 Å². The molecule has 0 saturated heterocycles. The Hall–Kier alpha value is -0.890. The van der Waals surface area contributed by atoms with Crippen LogP contribution in [0.25, 0.3) is 0 Å². The summed E-state index contributed by atoms with van der Waals surface area (Å²) < 4.78 is 5.37. The highest BCUT2D eigenvalue weighted by Gasteiger charge is 2.00. The van der Waals surface area contributed by atoms with Gasteiger partial charge in [0.1, 0.15) is 5.75 Å². The van der Waals surface area contributed by atoms with Gasteiger partial charge < -0.3 is 4.74 Å². The van der Waals surface area contributed by atoms with Crippen molar-refractivity contribution in [3.8, 4) is 5.75 Å². The maximum absolute atomic E-state index is 5.37. The van der Waals surface area contributed by atoms with Gasteiger partial charge in [-0.05, 0) is 30.3 Å². The minimum Gasteiger partial charge on any atom is -0.450 e. The Morgan fingerprint density at radius 3 is 2.67 bits per heavy atom. The van der Waals surface area contributed by atoms with Gasteiger partial charge in [-0.25, -0.2) is 0 Å². The van der Waals surface area contributed by atoms with Gasteiger partial charge in [-0.1, -0.05) is 25.1 Å². The molecule has 0 N–H and O–H groups in total. The lowest BCUT2D eigenvalue weighted by Crippen LogP contribution is -2.00. The zero-order valence-electron chi connectivity index (χ0n) is 7.33. The zero-order chi connectivity index (χ0) is 8.97. The van der Waals surface area contributed by atoms with Gasteiger partial charge in [0.25, 0.3) is 0 Å². The molecule has 0 fully saturated rings. The number of para-hydroxylation sites is 1. The molecule has 0 aliphatic carbocycles. The van der Waals surface area contributed by atoms with Crippen molar-refractivity contribution in [3.63, 3.8) is 0 Å². The molecule has 0 saturated carbocycles. The first-order valence-electron chi connectivity index (χ1n) is 4.00. The van der Waals surface area contributed by atoms with Crippen molar-refractivity contribution in [2.24, 2.45) is 0 Å². The van der Waals surface area contributed by atoms with Crippen LogP contribution in [-0.4, -0.2) is 5.05 Å². The number of hydrogen-bond acceptors (Lipinski definition) is 2. The highest BCUT2D eigenvalue weighted by atomic mass is 32.1. The summed E-state index contributed by atoms with van der Waals surface area (Å²) >= 11 is 4.86. The summed E-state index contributed by atoms with van der Waals surface area (Å²) in [5.74, 6) is 0.882. The van der Waals surface area contributed by atoms with Gasteiger partial charge in [-0.15, -0.1) is 0 Å². The highest BCUT2D eigenvalue weighted by Crippen LogP contribution is 2.18. The number of thiocarbonyl (C=S) groups is 1. The third kappa shape index (κ3) is 2.31. The van der Waals surface area contributed by atoms with E-state index in [1.807, 2.05) is 24.3 Å². The second-order valence-corrected chi connectivity index (χ2v) is 3.13. The SMILES string of the molecule is CCc1ccccc1OC(C)=S. The average molecular weight is 180 g/mol. The monoisotopic (exact) mass is 180 g/mol. The maximum Gasteiger partial charge on any atom is 0.164 e. The number of aryl methyl sites for hydroxylation is 1. The van der Waals surface area contributed by atoms with E-state index in [9.17, 15) is 0 Å². The van der Waals surface area contributed by atoms with Gasteiger partial charge in [0.05, 0.1) is 0 Å². The summed E-state index contributed by atoms with van der Waals surface area (Å²) in [7, 11) is 0. The second kappa shape index (κ2) is 4.21. The first-order valence-corrected chi connectivity index (χ1v) is 4.41. The van der Waals surface area contributed by atoms with E-state index in [1.54, 1.807) is 6.92 Å². The fraction of sp³-hybridized carbons (Fsp3) is 0.300. The minimum atomic E-state index is 0.566. The standard InChI is InChI=1S/C10H12OS/c1-3-9-6-4-5-7-10(9)11-8(2)12/h4-7H,3H2,1-2H3. The van der Waals surface area contributed by atoms with Gasteiger partial charge >= 0.3 is 0 Å². The van der Waals surface area contributed by atoms with Crippen LogP contribution in [0.2, 0.25) is 0 Å².